The minimum Gasteiger partial charge on any atom is -0.383 e. The predicted octanol–water partition coefficient (Wildman–Crippen LogP) is 0.817. The van der Waals surface area contributed by atoms with Gasteiger partial charge in [-0.15, -0.1) is 0 Å². The van der Waals surface area contributed by atoms with E-state index in [-0.39, 0.29) is 22.4 Å². The summed E-state index contributed by atoms with van der Waals surface area (Å²) < 4.78 is 29.4. The Hall–Kier alpha value is -2.26. The van der Waals surface area contributed by atoms with Gasteiger partial charge >= 0.3 is 10.1 Å². The topological polar surface area (TPSA) is 134 Å². The normalized spacial score (nSPS) is 11.8. The molecule has 0 amide bonds. The van der Waals surface area contributed by atoms with Crippen molar-refractivity contribution in [3.63, 3.8) is 0 Å². The van der Waals surface area contributed by atoms with Gasteiger partial charge in [0.2, 0.25) is 5.95 Å². The van der Waals surface area contributed by atoms with E-state index in [0.717, 1.165) is 0 Å². The second-order valence-corrected chi connectivity index (χ2v) is 5.97. The summed E-state index contributed by atoms with van der Waals surface area (Å²) in [4.78, 5) is 11.5. The average molecular weight is 309 g/mol. The molecule has 9 heteroatoms. The molecular weight excluding hydrogens is 294 g/mol. The number of anilines is 2. The van der Waals surface area contributed by atoms with E-state index in [0.29, 0.717) is 5.56 Å². The van der Waals surface area contributed by atoms with Crippen LogP contribution in [0.25, 0.3) is 11.1 Å². The molecular formula is C12H15N5O3S. The Morgan fingerprint density at radius 2 is 1.90 bits per heavy atom. The van der Waals surface area contributed by atoms with E-state index < -0.39 is 16.2 Å². The van der Waals surface area contributed by atoms with Crippen molar-refractivity contribution in [3.05, 3.63) is 24.5 Å². The minimum absolute atomic E-state index is 0.00276. The monoisotopic (exact) mass is 309 g/mol. The highest BCUT2D eigenvalue weighted by molar-refractivity contribution is 7.86. The number of nitrogens with zero attached hydrogens (tertiary/aromatic N) is 3. The van der Waals surface area contributed by atoms with E-state index in [1.807, 2.05) is 0 Å². The van der Waals surface area contributed by atoms with Gasteiger partial charge in [0.1, 0.15) is 5.82 Å². The third kappa shape index (κ3) is 3.26. The molecule has 0 saturated carbocycles. The molecule has 0 unspecified atom stereocenters. The molecule has 4 N–H and O–H groups in total. The minimum atomic E-state index is -4.02. The number of hydrogen-bond donors (Lipinski definition) is 2. The maximum absolute atomic E-state index is 12.2. The lowest BCUT2D eigenvalue weighted by atomic mass is 10.1. The Bertz CT molecular complexity index is 761. The van der Waals surface area contributed by atoms with Crippen LogP contribution in [0.5, 0.6) is 0 Å². The first-order chi connectivity index (χ1) is 9.81. The number of pyridine rings is 1. The fourth-order valence-electron chi connectivity index (χ4n) is 1.71. The Labute approximate surface area is 122 Å². The summed E-state index contributed by atoms with van der Waals surface area (Å²) in [5, 5.41) is -0.237. The molecule has 2 rings (SSSR count). The van der Waals surface area contributed by atoms with Gasteiger partial charge in [-0.25, -0.2) is 9.97 Å². The molecule has 2 aromatic rings. The highest BCUT2D eigenvalue weighted by atomic mass is 32.2. The maximum Gasteiger partial charge on any atom is 0.315 e. The number of rotatable bonds is 4. The summed E-state index contributed by atoms with van der Waals surface area (Å²) in [5.41, 5.74) is 11.8. The lowest BCUT2D eigenvalue weighted by molar-refractivity contribution is 0.248. The molecule has 0 aliphatic rings. The lowest BCUT2D eigenvalue weighted by Crippen LogP contribution is -2.15. The van der Waals surface area contributed by atoms with Gasteiger partial charge in [0.15, 0.2) is 5.03 Å². The van der Waals surface area contributed by atoms with Gasteiger partial charge in [0.25, 0.3) is 0 Å². The first kappa shape index (κ1) is 15.1. The SMILES string of the molecule is CC(C)OS(=O)(=O)c1ncccc1-c1cnc(N)nc1N. The summed E-state index contributed by atoms with van der Waals surface area (Å²) >= 11 is 0. The lowest BCUT2D eigenvalue weighted by Gasteiger charge is -2.12. The summed E-state index contributed by atoms with van der Waals surface area (Å²) in [6.07, 6.45) is 2.20. The highest BCUT2D eigenvalue weighted by Gasteiger charge is 2.24. The first-order valence-corrected chi connectivity index (χ1v) is 7.48. The number of nitrogen functional groups attached to an aromatic ring is 2. The second kappa shape index (κ2) is 5.62. The molecule has 0 saturated heterocycles. The van der Waals surface area contributed by atoms with Crippen molar-refractivity contribution in [2.24, 2.45) is 0 Å². The summed E-state index contributed by atoms with van der Waals surface area (Å²) in [6, 6.07) is 3.13. The van der Waals surface area contributed by atoms with Crippen LogP contribution in [-0.2, 0) is 14.3 Å². The van der Waals surface area contributed by atoms with Crippen LogP contribution in [0, 0.1) is 0 Å². The van der Waals surface area contributed by atoms with E-state index in [2.05, 4.69) is 15.0 Å². The van der Waals surface area contributed by atoms with Crippen LogP contribution in [0.3, 0.4) is 0 Å². The van der Waals surface area contributed by atoms with Crippen molar-refractivity contribution < 1.29 is 12.6 Å². The van der Waals surface area contributed by atoms with Gasteiger partial charge in [-0.05, 0) is 26.0 Å². The summed E-state index contributed by atoms with van der Waals surface area (Å²) in [7, 11) is -4.02. The first-order valence-electron chi connectivity index (χ1n) is 6.08. The molecule has 2 aromatic heterocycles. The third-order valence-corrected chi connectivity index (χ3v) is 3.89. The molecule has 0 radical (unpaired) electrons. The van der Waals surface area contributed by atoms with Crippen molar-refractivity contribution in [2.45, 2.75) is 25.0 Å². The van der Waals surface area contributed by atoms with E-state index in [1.165, 1.54) is 12.4 Å². The van der Waals surface area contributed by atoms with Crippen LogP contribution in [0.2, 0.25) is 0 Å². The van der Waals surface area contributed by atoms with Crippen LogP contribution in [0.15, 0.2) is 29.6 Å². The smallest absolute Gasteiger partial charge is 0.315 e. The zero-order valence-electron chi connectivity index (χ0n) is 11.5. The highest BCUT2D eigenvalue weighted by Crippen LogP contribution is 2.30. The van der Waals surface area contributed by atoms with Crippen LogP contribution in [-0.4, -0.2) is 29.5 Å². The standard InChI is InChI=1S/C12H15N5O3S/c1-7(2)20-21(18,19)11-8(4-3-5-15-11)9-6-16-12(14)17-10(9)13/h3-7H,1-2H3,(H4,13,14,16,17). The largest absolute Gasteiger partial charge is 0.383 e. The molecule has 0 atom stereocenters. The molecule has 0 fully saturated rings. The molecule has 0 aliphatic heterocycles. The van der Waals surface area contributed by atoms with Crippen molar-refractivity contribution >= 4 is 21.9 Å². The van der Waals surface area contributed by atoms with E-state index in [4.69, 9.17) is 15.7 Å². The van der Waals surface area contributed by atoms with Crippen LogP contribution >= 0.6 is 0 Å². The van der Waals surface area contributed by atoms with E-state index in [1.54, 1.807) is 26.0 Å². The molecule has 8 nitrogen and oxygen atoms in total. The van der Waals surface area contributed by atoms with Crippen molar-refractivity contribution in [1.82, 2.24) is 15.0 Å². The Morgan fingerprint density at radius 3 is 2.52 bits per heavy atom. The summed E-state index contributed by atoms with van der Waals surface area (Å²) in [5.74, 6) is 0.0690. The van der Waals surface area contributed by atoms with Gasteiger partial charge in [0, 0.05) is 23.5 Å². The Kier molecular flexibility index (Phi) is 4.05. The quantitative estimate of drug-likeness (QED) is 0.792. The fourth-order valence-corrected chi connectivity index (χ4v) is 2.95. The van der Waals surface area contributed by atoms with Gasteiger partial charge < -0.3 is 11.5 Å². The number of nitrogens with two attached hydrogens (primary N) is 2. The number of hydrogen-bond acceptors (Lipinski definition) is 8. The van der Waals surface area contributed by atoms with Crippen molar-refractivity contribution in [2.75, 3.05) is 11.5 Å². The van der Waals surface area contributed by atoms with Crippen LogP contribution in [0.4, 0.5) is 11.8 Å². The third-order valence-electron chi connectivity index (χ3n) is 2.45. The van der Waals surface area contributed by atoms with Gasteiger partial charge in [-0.2, -0.15) is 13.4 Å². The molecule has 0 bridgehead atoms. The molecule has 0 aliphatic carbocycles. The van der Waals surface area contributed by atoms with Crippen LogP contribution in [0.1, 0.15) is 13.8 Å². The molecule has 0 aromatic carbocycles. The molecule has 2 heterocycles. The van der Waals surface area contributed by atoms with Gasteiger partial charge in [-0.3, -0.25) is 4.18 Å². The predicted molar refractivity (Wildman–Crippen MR) is 77.5 cm³/mol. The van der Waals surface area contributed by atoms with Gasteiger partial charge in [-0.1, -0.05) is 0 Å². The average Bonchev–Trinajstić information content (AvgIpc) is 2.37. The fraction of sp³-hybridized carbons (Fsp3) is 0.250. The van der Waals surface area contributed by atoms with Crippen LogP contribution < -0.4 is 11.5 Å². The van der Waals surface area contributed by atoms with Gasteiger partial charge in [0.05, 0.1) is 6.10 Å². The zero-order valence-corrected chi connectivity index (χ0v) is 12.3. The molecule has 112 valence electrons. The second-order valence-electron chi connectivity index (χ2n) is 4.48. The summed E-state index contributed by atoms with van der Waals surface area (Å²) in [6.45, 7) is 3.22. The van der Waals surface area contributed by atoms with Crippen molar-refractivity contribution in [1.29, 1.82) is 0 Å². The molecule has 21 heavy (non-hydrogen) atoms. The Balaban J connectivity index is 2.62. The number of aromatic nitrogens is 3. The van der Waals surface area contributed by atoms with E-state index in [9.17, 15) is 8.42 Å². The maximum atomic E-state index is 12.2. The molecule has 0 spiro atoms. The zero-order chi connectivity index (χ0) is 15.6. The Morgan fingerprint density at radius 1 is 1.19 bits per heavy atom. The van der Waals surface area contributed by atoms with E-state index >= 15 is 0 Å². The van der Waals surface area contributed by atoms with Crippen molar-refractivity contribution in [3.8, 4) is 11.1 Å².